The number of phenols is 5. The second-order valence-electron chi connectivity index (χ2n) is 37.0. The minimum atomic E-state index is -2.60. The first-order valence-electron chi connectivity index (χ1n) is 44.8. The standard InChI is InChI=1S/C28H25NO8.C27H21NO8.C26H21NO8.C25H22N2O7/c1-12(30)7-13-3-2-4-14(8-13)17-5-6-19(31)22-18(17)10-15-9-16-11-20(32)23(27(29)36)26(35)28(16,37)25(34)21(15)24(22)33;28-26(35)22-19(31)11-15-9-14-10-17-13(5-4-12-2-1-3-16(29)8-12)6-7-18(30)21(17)23(32)20(14)24(33)27(15,36)25(22)34;27-25(34)21-18(30)9-14-7-13-8-16-15(12-3-1-11(10-28)2-4-12)5-6-17(29)20(16)22(31)19(13)23(32)26(14,35)24(21)33;26-8-4-2-1-3-5-12-6-7-16(28)19-15(12)10-13-9-14-11-17(29)20(24(27)33)23(32)25(14,34)22(31)18(13)21(19)30/h2-6,8,15-16,31,33,35,37H,7,9-11H2,1H3,(H2,29,36);1-3,6-8,14-15,29-30,32,34,36H,9-11H2,(H2,28,35);1-6,10,13-14,29,31,33,35H,7-9H2,(H2,27,34);6-7,13-14,28,30,32,34H,1-2,4,9-11H2,(H2,27,33)/t15-,16+,28+;14-,15+,27+;13-,14+,26+;13-,14+,25+/m1111/s1. The Morgan fingerprint density at radius 2 is 0.725 bits per heavy atom. The maximum absolute atomic E-state index is 13.6. The number of nitrogens with two attached hydrogens (primary N) is 4. The van der Waals surface area contributed by atoms with E-state index < -0.39 is 208 Å². The molecule has 25 N–H and O–H groups in total. The van der Waals surface area contributed by atoms with Crippen LogP contribution >= 0.6 is 0 Å². The van der Waals surface area contributed by atoms with Crippen molar-refractivity contribution in [3.8, 4) is 80.8 Å². The number of hydrogen-bond acceptors (Lipinski definition) is 32. The third-order valence-corrected chi connectivity index (χ3v) is 28.8. The maximum Gasteiger partial charge on any atom is 0.255 e. The highest BCUT2D eigenvalue weighted by molar-refractivity contribution is 6.26. The quantitative estimate of drug-likeness (QED) is 0.0265. The normalized spacial score (nSPS) is 25.2. The maximum atomic E-state index is 13.6. The number of aliphatic hydroxyl groups excluding tert-OH is 8. The molecule has 0 saturated heterocycles. The van der Waals surface area contributed by atoms with Crippen LogP contribution in [0.25, 0.3) is 45.3 Å². The third kappa shape index (κ3) is 15.9. The number of carbonyl (C=O) groups excluding carboxylic acids is 14. The van der Waals surface area contributed by atoms with Gasteiger partial charge in [-0.25, -0.2) is 0 Å². The number of primary amides is 4. The molecule has 0 spiro atoms. The number of unbranched alkanes of at least 4 members (excludes halogenated alkanes) is 2. The van der Waals surface area contributed by atoms with E-state index in [1.165, 1.54) is 43.3 Å². The molecule has 36 nitrogen and oxygen atoms in total. The van der Waals surface area contributed by atoms with Crippen LogP contribution in [0.2, 0.25) is 0 Å². The largest absolute Gasteiger partial charge is 0.508 e. The zero-order chi connectivity index (χ0) is 103. The highest BCUT2D eigenvalue weighted by Gasteiger charge is 2.66. The molecule has 12 aliphatic rings. The van der Waals surface area contributed by atoms with Gasteiger partial charge in [-0.1, -0.05) is 90.4 Å². The highest BCUT2D eigenvalue weighted by atomic mass is 16.4. The van der Waals surface area contributed by atoms with Crippen LogP contribution in [-0.2, 0) is 94.4 Å². The molecule has 12 atom stereocenters. The Balaban J connectivity index is 0.000000136. The van der Waals surface area contributed by atoms with Gasteiger partial charge in [0.1, 0.15) is 109 Å². The molecule has 7 aromatic rings. The Kier molecular flexibility index (Phi) is 25.3. The van der Waals surface area contributed by atoms with E-state index in [2.05, 4.69) is 23.7 Å². The van der Waals surface area contributed by atoms with E-state index in [0.29, 0.717) is 81.2 Å². The first-order chi connectivity index (χ1) is 67.2. The average Bonchev–Trinajstić information content (AvgIpc) is 0.719. The summed E-state index contributed by atoms with van der Waals surface area (Å²) in [6, 6.07) is 34.4. The number of aromatic hydroxyl groups is 5. The van der Waals surface area contributed by atoms with E-state index in [-0.39, 0.29) is 163 Å². The summed E-state index contributed by atoms with van der Waals surface area (Å²) in [6.07, 6.45) is 1.92. The molecule has 7 aromatic carbocycles. The lowest BCUT2D eigenvalue weighted by molar-refractivity contribution is -0.148. The summed E-state index contributed by atoms with van der Waals surface area (Å²) >= 11 is 0. The van der Waals surface area contributed by atoms with Crippen LogP contribution in [0.3, 0.4) is 0 Å². The minimum Gasteiger partial charge on any atom is -0.508 e. The van der Waals surface area contributed by atoms with Crippen LogP contribution in [-0.4, -0.2) is 191 Å². The van der Waals surface area contributed by atoms with E-state index in [1.807, 2.05) is 24.3 Å². The van der Waals surface area contributed by atoms with Gasteiger partial charge in [-0.15, -0.1) is 0 Å². The number of aldehydes is 1. The van der Waals surface area contributed by atoms with E-state index in [0.717, 1.165) is 16.7 Å². The number of nitriles is 1. The van der Waals surface area contributed by atoms with Gasteiger partial charge in [-0.2, -0.15) is 5.26 Å². The topological polar surface area (TPSA) is 711 Å². The van der Waals surface area contributed by atoms with Crippen molar-refractivity contribution in [2.24, 2.45) is 70.3 Å². The van der Waals surface area contributed by atoms with Crippen molar-refractivity contribution in [2.45, 2.75) is 132 Å². The number of phenolic OH excluding ortho intramolecular Hbond substituents is 5. The SMILES string of the molecule is CC(=O)Cc1cccc(-c2ccc(O)c3c2C[C@H]2C[C@H]4CC(=O)C(C(N)=O)=C(O)[C@@]4(O)C(=O)C2=C3O)c1.N#CCCCC#Cc1ccc(O)c2c1C[C@H]1C[C@H]3CC(=O)C(C(N)=O)=C(O)[C@@]3(O)C(=O)C1=C2O.NC(=O)C1=C(O)[C@@]2(O)C(=O)C3=C(O)c4c(O)ccc(-c5ccc(C=O)cc5)c4C[C@H]3C[C@H]2CC1=O.NC(=O)C1=C(O)[C@@]2(O)C(=O)C3=C(O)c4c(O)ccc(C#Cc5cccc(O)c5)c4C[C@H]3C[C@H]2CC1=O. The molecule has 142 heavy (non-hydrogen) atoms. The van der Waals surface area contributed by atoms with Crippen LogP contribution < -0.4 is 22.9 Å². The average molecular weight is 1930 g/mol. The molecule has 12 aliphatic carbocycles. The smallest absolute Gasteiger partial charge is 0.255 e. The molecule has 36 heteroatoms. The Bertz CT molecular complexity index is 7430. The molecule has 4 saturated carbocycles. The van der Waals surface area contributed by atoms with E-state index in [9.17, 15) is 154 Å². The molecular formula is C106H89N5O31. The Hall–Kier alpha value is -17.1. The van der Waals surface area contributed by atoms with Crippen molar-refractivity contribution >= 4 is 105 Å². The molecule has 724 valence electrons. The molecule has 0 unspecified atom stereocenters. The van der Waals surface area contributed by atoms with Gasteiger partial charge in [0.25, 0.3) is 23.6 Å². The van der Waals surface area contributed by atoms with Crippen LogP contribution in [0, 0.1) is 82.4 Å². The predicted octanol–water partition coefficient (Wildman–Crippen LogP) is 7.12. The Labute approximate surface area is 804 Å². The number of fused-ring (bicyclic) bond motifs is 12. The number of benzene rings is 7. The fourth-order valence-electron chi connectivity index (χ4n) is 22.3. The molecule has 0 bridgehead atoms. The van der Waals surface area contributed by atoms with Crippen molar-refractivity contribution < 1.29 is 154 Å². The van der Waals surface area contributed by atoms with Crippen molar-refractivity contribution in [3.05, 3.63) is 261 Å². The zero-order valence-corrected chi connectivity index (χ0v) is 75.1. The molecule has 4 fully saturated rings. The van der Waals surface area contributed by atoms with E-state index in [1.54, 1.807) is 66.7 Å². The first-order valence-corrected chi connectivity index (χ1v) is 44.8. The van der Waals surface area contributed by atoms with Gasteiger partial charge in [0.15, 0.2) is 45.5 Å². The number of nitrogens with zero attached hydrogens (tertiary/aromatic N) is 1. The molecule has 0 radical (unpaired) electrons. The zero-order valence-electron chi connectivity index (χ0n) is 75.1. The summed E-state index contributed by atoms with van der Waals surface area (Å²) in [5.41, 5.74) is 14.2. The predicted molar refractivity (Wildman–Crippen MR) is 497 cm³/mol. The van der Waals surface area contributed by atoms with Crippen LogP contribution in [0.4, 0.5) is 0 Å². The van der Waals surface area contributed by atoms with Gasteiger partial charge in [-0.05, 0) is 193 Å². The molecule has 0 aliphatic heterocycles. The van der Waals surface area contributed by atoms with Gasteiger partial charge < -0.3 is 110 Å². The van der Waals surface area contributed by atoms with E-state index >= 15 is 0 Å². The summed E-state index contributed by atoms with van der Waals surface area (Å²) in [4.78, 5) is 173. The van der Waals surface area contributed by atoms with Crippen LogP contribution in [0.1, 0.15) is 155 Å². The summed E-state index contributed by atoms with van der Waals surface area (Å²) in [5, 5.41) is 193. The molecule has 0 aromatic heterocycles. The van der Waals surface area contributed by atoms with Crippen molar-refractivity contribution in [1.82, 2.24) is 0 Å². The summed E-state index contributed by atoms with van der Waals surface area (Å²) < 4.78 is 0. The molecule has 0 heterocycles. The Morgan fingerprint density at radius 3 is 1.07 bits per heavy atom. The third-order valence-electron chi connectivity index (χ3n) is 28.8. The number of Topliss-reactive ketones (excluding diaryl/α,β-unsaturated/α-hetero) is 9. The summed E-state index contributed by atoms with van der Waals surface area (Å²) in [7, 11) is 0. The monoisotopic (exact) mass is 1930 g/mol. The fourth-order valence-corrected chi connectivity index (χ4v) is 22.3. The summed E-state index contributed by atoms with van der Waals surface area (Å²) in [6.45, 7) is 1.50. The number of ketones is 9. The molecule has 19 rings (SSSR count). The number of aliphatic hydroxyl groups is 12. The van der Waals surface area contributed by atoms with Gasteiger partial charge in [-0.3, -0.25) is 67.1 Å². The van der Waals surface area contributed by atoms with Crippen molar-refractivity contribution in [1.29, 1.82) is 5.26 Å². The second-order valence-corrected chi connectivity index (χ2v) is 37.0. The lowest BCUT2D eigenvalue weighted by Gasteiger charge is -2.46. The second kappa shape index (κ2) is 36.7. The highest BCUT2D eigenvalue weighted by Crippen LogP contribution is 2.59. The number of amides is 4. The number of rotatable bonds is 11. The Morgan fingerprint density at radius 1 is 0.387 bits per heavy atom. The van der Waals surface area contributed by atoms with Gasteiger partial charge in [0.05, 0.1) is 28.3 Å². The number of hydrogen-bond donors (Lipinski definition) is 21. The lowest BCUT2D eigenvalue weighted by atomic mass is 9.59. The van der Waals surface area contributed by atoms with Crippen molar-refractivity contribution in [2.75, 3.05) is 0 Å². The fraction of sp³-hybridized carbons (Fsp3) is 0.274. The van der Waals surface area contributed by atoms with Gasteiger partial charge >= 0.3 is 0 Å². The molecular weight excluding hydrogens is 1840 g/mol. The van der Waals surface area contributed by atoms with Gasteiger partial charge in [0.2, 0.25) is 23.1 Å². The van der Waals surface area contributed by atoms with E-state index in [4.69, 9.17) is 28.2 Å². The van der Waals surface area contributed by atoms with Gasteiger partial charge in [0, 0.05) is 113 Å². The van der Waals surface area contributed by atoms with Crippen LogP contribution in [0.15, 0.2) is 189 Å². The lowest BCUT2D eigenvalue weighted by Crippen LogP contribution is -2.58. The first kappa shape index (κ1) is 98.0. The summed E-state index contributed by atoms with van der Waals surface area (Å²) in [5.74, 6) is -14.7. The number of carbonyl (C=O) groups is 14. The van der Waals surface area contributed by atoms with Crippen LogP contribution in [0.5, 0.6) is 28.7 Å². The molecule has 4 amide bonds. The minimum absolute atomic E-state index is 0.00198. The van der Waals surface area contributed by atoms with Crippen molar-refractivity contribution in [3.63, 3.8) is 0 Å².